The number of alkyl halides is 6. The molecule has 2 saturated carbocycles. The van der Waals surface area contributed by atoms with Gasteiger partial charge in [0.25, 0.3) is 0 Å². The van der Waals surface area contributed by atoms with E-state index >= 15 is 4.39 Å². The van der Waals surface area contributed by atoms with E-state index in [0.717, 1.165) is 75.6 Å². The molecule has 0 aromatic heterocycles. The molecule has 0 saturated heterocycles. The monoisotopic (exact) mass is 619 g/mol. The number of phenols is 1. The normalized spacial score (nSPS) is 32.5. The van der Waals surface area contributed by atoms with Crippen molar-refractivity contribution in [1.29, 1.82) is 0 Å². The Balaban J connectivity index is 1.21. The van der Waals surface area contributed by atoms with Gasteiger partial charge in [-0.25, -0.2) is 4.39 Å². The fourth-order valence-corrected chi connectivity index (χ4v) is 8.76. The Morgan fingerprint density at radius 2 is 1.56 bits per heavy atom. The third-order valence-corrected chi connectivity index (χ3v) is 11.5. The summed E-state index contributed by atoms with van der Waals surface area (Å²) in [6.07, 6.45) is 1.95. The SMILES string of the molecule is CN(CCCCCCCC(F)(F)C(F)(F)F)CCCCCC1Cc2cc(O)ccc2C2[C@@H]1C1CC[C@](C)(O)[C@@]1(C)C[C@@H]2F. The minimum atomic E-state index is -5.46. The van der Waals surface area contributed by atoms with E-state index in [1.807, 2.05) is 19.1 Å². The van der Waals surface area contributed by atoms with Crippen molar-refractivity contribution in [3.8, 4) is 5.75 Å². The van der Waals surface area contributed by atoms with Crippen molar-refractivity contribution in [2.45, 2.75) is 134 Å². The van der Waals surface area contributed by atoms with Crippen LogP contribution in [0.25, 0.3) is 0 Å². The van der Waals surface area contributed by atoms with E-state index in [9.17, 15) is 32.2 Å². The zero-order valence-corrected chi connectivity index (χ0v) is 26.0. The lowest BCUT2D eigenvalue weighted by atomic mass is 9.50. The molecule has 2 fully saturated rings. The lowest BCUT2D eigenvalue weighted by molar-refractivity contribution is -0.284. The summed E-state index contributed by atoms with van der Waals surface area (Å²) in [5.41, 5.74) is 0.813. The van der Waals surface area contributed by atoms with Gasteiger partial charge in [0.2, 0.25) is 0 Å². The maximum absolute atomic E-state index is 16.1. The van der Waals surface area contributed by atoms with Crippen LogP contribution in [0.4, 0.5) is 26.3 Å². The Kier molecular flexibility index (Phi) is 10.8. The minimum Gasteiger partial charge on any atom is -0.508 e. The largest absolute Gasteiger partial charge is 0.508 e. The van der Waals surface area contributed by atoms with Gasteiger partial charge in [-0.2, -0.15) is 22.0 Å². The number of halogens is 6. The molecule has 0 aliphatic heterocycles. The van der Waals surface area contributed by atoms with E-state index in [1.165, 1.54) is 0 Å². The van der Waals surface area contributed by atoms with Gasteiger partial charge in [-0.1, -0.05) is 45.1 Å². The summed E-state index contributed by atoms with van der Waals surface area (Å²) >= 11 is 0. The summed E-state index contributed by atoms with van der Waals surface area (Å²) in [7, 11) is 2.05. The molecule has 1 aromatic rings. The van der Waals surface area contributed by atoms with Crippen LogP contribution < -0.4 is 0 Å². The maximum atomic E-state index is 16.1. The second-order valence-electron chi connectivity index (χ2n) is 14.4. The smallest absolute Gasteiger partial charge is 0.453 e. The van der Waals surface area contributed by atoms with E-state index in [-0.39, 0.29) is 29.9 Å². The first-order valence-electron chi connectivity index (χ1n) is 16.4. The van der Waals surface area contributed by atoms with Crippen LogP contribution in [0.5, 0.6) is 5.75 Å². The second-order valence-corrected chi connectivity index (χ2v) is 14.4. The predicted octanol–water partition coefficient (Wildman–Crippen LogP) is 9.20. The highest BCUT2D eigenvalue weighted by molar-refractivity contribution is 5.41. The van der Waals surface area contributed by atoms with Crippen LogP contribution in [0.3, 0.4) is 0 Å². The van der Waals surface area contributed by atoms with E-state index < -0.39 is 35.7 Å². The molecule has 3 nitrogen and oxygen atoms in total. The predicted molar refractivity (Wildman–Crippen MR) is 157 cm³/mol. The molecule has 4 rings (SSSR count). The third-order valence-electron chi connectivity index (χ3n) is 11.5. The average Bonchev–Trinajstić information content (AvgIpc) is 3.14. The highest BCUT2D eigenvalue weighted by atomic mass is 19.4. The van der Waals surface area contributed by atoms with Crippen molar-refractivity contribution in [3.63, 3.8) is 0 Å². The zero-order chi connectivity index (χ0) is 31.6. The molecule has 3 aliphatic carbocycles. The van der Waals surface area contributed by atoms with Crippen molar-refractivity contribution in [2.24, 2.45) is 23.2 Å². The molecule has 9 heteroatoms. The summed E-state index contributed by atoms with van der Waals surface area (Å²) in [6, 6.07) is 5.41. The van der Waals surface area contributed by atoms with Gasteiger partial charge in [-0.15, -0.1) is 0 Å². The fraction of sp³-hybridized carbons (Fsp3) is 0.824. The zero-order valence-electron chi connectivity index (χ0n) is 26.0. The highest BCUT2D eigenvalue weighted by Crippen LogP contribution is 2.66. The Morgan fingerprint density at radius 1 is 0.930 bits per heavy atom. The average molecular weight is 620 g/mol. The molecule has 246 valence electrons. The molecule has 0 spiro atoms. The molecule has 0 amide bonds. The fourth-order valence-electron chi connectivity index (χ4n) is 8.76. The number of hydrogen-bond donors (Lipinski definition) is 2. The Hall–Kier alpha value is -1.48. The van der Waals surface area contributed by atoms with E-state index in [1.54, 1.807) is 6.07 Å². The molecule has 0 heterocycles. The Labute approximate surface area is 253 Å². The summed E-state index contributed by atoms with van der Waals surface area (Å²) in [6.45, 7) is 5.78. The lowest BCUT2D eigenvalue weighted by Gasteiger charge is -2.56. The van der Waals surface area contributed by atoms with Crippen LogP contribution in [-0.2, 0) is 6.42 Å². The lowest BCUT2D eigenvalue weighted by Crippen LogP contribution is -2.54. The molecular weight excluding hydrogens is 568 g/mol. The van der Waals surface area contributed by atoms with Gasteiger partial charge in [0, 0.05) is 17.8 Å². The van der Waals surface area contributed by atoms with Crippen LogP contribution in [0.2, 0.25) is 0 Å². The Morgan fingerprint density at radius 3 is 2.23 bits per heavy atom. The third kappa shape index (κ3) is 7.50. The molecule has 3 unspecified atom stereocenters. The van der Waals surface area contributed by atoms with E-state index in [0.29, 0.717) is 31.6 Å². The summed E-state index contributed by atoms with van der Waals surface area (Å²) < 4.78 is 78.8. The first kappa shape index (κ1) is 34.4. The second kappa shape index (κ2) is 13.5. The number of nitrogens with zero attached hydrogens (tertiary/aromatic N) is 1. The van der Waals surface area contributed by atoms with Crippen LogP contribution in [0, 0.1) is 23.2 Å². The molecule has 43 heavy (non-hydrogen) atoms. The van der Waals surface area contributed by atoms with Gasteiger partial charge in [0.15, 0.2) is 0 Å². The summed E-state index contributed by atoms with van der Waals surface area (Å²) in [4.78, 5) is 2.24. The van der Waals surface area contributed by atoms with Crippen LogP contribution in [0.1, 0.15) is 114 Å². The number of hydrogen-bond acceptors (Lipinski definition) is 3. The van der Waals surface area contributed by atoms with Gasteiger partial charge in [-0.05, 0) is 119 Å². The number of fused-ring (bicyclic) bond motifs is 5. The van der Waals surface area contributed by atoms with Crippen molar-refractivity contribution < 1.29 is 36.6 Å². The first-order valence-corrected chi connectivity index (χ1v) is 16.4. The number of phenolic OH excluding ortho intramolecular Hbond substituents is 1. The van der Waals surface area contributed by atoms with Gasteiger partial charge >= 0.3 is 12.1 Å². The van der Waals surface area contributed by atoms with Crippen LogP contribution in [0.15, 0.2) is 18.2 Å². The van der Waals surface area contributed by atoms with Crippen molar-refractivity contribution >= 4 is 0 Å². The number of unbranched alkanes of at least 4 members (excludes halogenated alkanes) is 6. The van der Waals surface area contributed by atoms with E-state index in [4.69, 9.17) is 0 Å². The molecule has 2 N–H and O–H groups in total. The molecule has 7 atom stereocenters. The van der Waals surface area contributed by atoms with Crippen LogP contribution in [-0.4, -0.2) is 59.1 Å². The summed E-state index contributed by atoms with van der Waals surface area (Å²) in [5.74, 6) is -3.79. The van der Waals surface area contributed by atoms with Gasteiger partial charge in [0.1, 0.15) is 11.9 Å². The quantitative estimate of drug-likeness (QED) is 0.161. The highest BCUT2D eigenvalue weighted by Gasteiger charge is 2.63. The molecule has 0 radical (unpaired) electrons. The molecule has 0 bridgehead atoms. The first-order chi connectivity index (χ1) is 20.1. The summed E-state index contributed by atoms with van der Waals surface area (Å²) in [5, 5.41) is 21.4. The number of benzene rings is 1. The van der Waals surface area contributed by atoms with Crippen molar-refractivity contribution in [2.75, 3.05) is 20.1 Å². The molecule has 3 aliphatic rings. The molecule has 1 aromatic carbocycles. The van der Waals surface area contributed by atoms with Crippen LogP contribution >= 0.6 is 0 Å². The maximum Gasteiger partial charge on any atom is 0.453 e. The minimum absolute atomic E-state index is 0.122. The Bertz CT molecular complexity index is 1060. The number of aromatic hydroxyl groups is 1. The van der Waals surface area contributed by atoms with Gasteiger partial charge in [-0.3, -0.25) is 0 Å². The standard InChI is InChI=1S/C34H51F6NO2/c1-31-22-28(35)30-26-14-13-25(42)21-24(26)20-23(29(30)27(31)15-17-32(31,2)43)12-8-7-11-19-41(3)18-10-6-4-5-9-16-33(36,37)34(38,39)40/h13-14,21,23,27-30,42-43H,4-12,15-20,22H2,1-3H3/t23?,27?,28-,29-,30?,31-,32-/m0/s1. The number of rotatable bonds is 14. The number of aliphatic hydroxyl groups is 1. The van der Waals surface area contributed by atoms with Crippen molar-refractivity contribution in [3.05, 3.63) is 29.3 Å². The van der Waals surface area contributed by atoms with E-state index in [2.05, 4.69) is 18.9 Å². The molecular formula is C34H51F6NO2. The van der Waals surface area contributed by atoms with Crippen molar-refractivity contribution in [1.82, 2.24) is 4.90 Å². The van der Waals surface area contributed by atoms with Gasteiger partial charge in [0.05, 0.1) is 5.60 Å². The topological polar surface area (TPSA) is 43.7 Å². The van der Waals surface area contributed by atoms with Gasteiger partial charge < -0.3 is 15.1 Å².